The molecule has 1 N–H and O–H groups in total. The van der Waals surface area contributed by atoms with Gasteiger partial charge in [-0.3, -0.25) is 9.89 Å². The highest BCUT2D eigenvalue weighted by Gasteiger charge is 2.51. The van der Waals surface area contributed by atoms with Gasteiger partial charge in [-0.15, -0.1) is 0 Å². The Kier molecular flexibility index (Phi) is 10.5. The van der Waals surface area contributed by atoms with Crippen LogP contribution in [-0.4, -0.2) is 51.7 Å². The summed E-state index contributed by atoms with van der Waals surface area (Å²) in [6, 6.07) is 11.7. The van der Waals surface area contributed by atoms with E-state index in [4.69, 9.17) is 9.47 Å². The topological polar surface area (TPSA) is 94.2 Å². The fourth-order valence-corrected chi connectivity index (χ4v) is 4.97. The number of hydrogen-bond donors (Lipinski definition) is 1. The van der Waals surface area contributed by atoms with Crippen molar-refractivity contribution in [1.82, 2.24) is 15.2 Å². The van der Waals surface area contributed by atoms with Gasteiger partial charge in [-0.25, -0.2) is 4.98 Å². The zero-order valence-corrected chi connectivity index (χ0v) is 23.7. The van der Waals surface area contributed by atoms with E-state index in [2.05, 4.69) is 15.2 Å². The maximum absolute atomic E-state index is 12.6. The Hall–Kier alpha value is -3.27. The molecule has 1 aliphatic rings. The Labute approximate surface area is 232 Å². The van der Waals surface area contributed by atoms with Gasteiger partial charge in [0.05, 0.1) is 17.1 Å². The number of halogens is 3. The molecule has 1 aromatic carbocycles. The van der Waals surface area contributed by atoms with Crippen molar-refractivity contribution in [2.75, 3.05) is 6.61 Å². The molecule has 218 valence electrons. The van der Waals surface area contributed by atoms with Gasteiger partial charge in [0.25, 0.3) is 0 Å². The molecule has 40 heavy (non-hydrogen) atoms. The summed E-state index contributed by atoms with van der Waals surface area (Å²) in [5.41, 5.74) is 3.17. The van der Waals surface area contributed by atoms with Crippen molar-refractivity contribution >= 4 is 22.6 Å². The van der Waals surface area contributed by atoms with E-state index in [1.165, 1.54) is 13.8 Å². The third-order valence-electron chi connectivity index (χ3n) is 7.09. The Morgan fingerprint density at radius 2 is 1.82 bits per heavy atom. The summed E-state index contributed by atoms with van der Waals surface area (Å²) < 4.78 is 47.2. The van der Waals surface area contributed by atoms with Gasteiger partial charge in [0.15, 0.2) is 6.10 Å². The Morgan fingerprint density at radius 3 is 2.42 bits per heavy atom. The van der Waals surface area contributed by atoms with Crippen molar-refractivity contribution in [2.24, 2.45) is 5.92 Å². The first-order valence-electron chi connectivity index (χ1n) is 13.6. The fourth-order valence-electron chi connectivity index (χ4n) is 4.97. The molecule has 1 aliphatic carbocycles. The third kappa shape index (κ3) is 7.68. The molecule has 4 rings (SSSR count). The first kappa shape index (κ1) is 31.3. The summed E-state index contributed by atoms with van der Waals surface area (Å²) in [4.78, 5) is 28.5. The van der Waals surface area contributed by atoms with Crippen molar-refractivity contribution in [3.8, 4) is 5.88 Å². The van der Waals surface area contributed by atoms with Crippen molar-refractivity contribution in [3.05, 3.63) is 53.7 Å². The molecule has 0 radical (unpaired) electrons. The number of nitrogens with zero attached hydrogens (tertiary/aromatic N) is 2. The Bertz CT molecular complexity index is 1280. The maximum atomic E-state index is 12.6. The Morgan fingerprint density at radius 1 is 1.12 bits per heavy atom. The molecule has 1 unspecified atom stereocenters. The van der Waals surface area contributed by atoms with Gasteiger partial charge in [0.1, 0.15) is 23.2 Å². The zero-order valence-electron chi connectivity index (χ0n) is 23.7. The number of hydrogen-bond acceptors (Lipinski definition) is 6. The van der Waals surface area contributed by atoms with Crippen molar-refractivity contribution in [1.29, 1.82) is 0 Å². The molecular weight excluding hydrogens is 523 g/mol. The summed E-state index contributed by atoms with van der Waals surface area (Å²) in [6.07, 6.45) is -1.27. The predicted octanol–water partition coefficient (Wildman–Crippen LogP) is 6.55. The fraction of sp³-hybridized carbons (Fsp3) is 0.533. The number of ketones is 2. The van der Waals surface area contributed by atoms with Gasteiger partial charge in [-0.1, -0.05) is 45.0 Å². The summed E-state index contributed by atoms with van der Waals surface area (Å²) in [5, 5.41) is 6.84. The number of aromatic amines is 1. The number of rotatable bonds is 11. The first-order chi connectivity index (χ1) is 18.9. The second-order valence-corrected chi connectivity index (χ2v) is 10.7. The highest BCUT2D eigenvalue weighted by Crippen LogP contribution is 2.47. The maximum Gasteiger partial charge on any atom is 0.414 e. The number of ether oxygens (including phenoxy) is 2. The number of aryl methyl sites for hydroxylation is 1. The van der Waals surface area contributed by atoms with Crippen molar-refractivity contribution < 1.29 is 32.2 Å². The molecular formula is C30H38F3N3O4. The van der Waals surface area contributed by atoms with E-state index < -0.39 is 23.6 Å². The highest BCUT2D eigenvalue weighted by atomic mass is 19.4. The van der Waals surface area contributed by atoms with Gasteiger partial charge in [-0.2, -0.15) is 18.3 Å². The summed E-state index contributed by atoms with van der Waals surface area (Å²) >= 11 is 0. The van der Waals surface area contributed by atoms with E-state index in [1.807, 2.05) is 36.4 Å². The lowest BCUT2D eigenvalue weighted by Gasteiger charge is -2.46. The van der Waals surface area contributed by atoms with Gasteiger partial charge < -0.3 is 14.3 Å². The lowest BCUT2D eigenvalue weighted by atomic mass is 9.59. The molecule has 2 heterocycles. The average Bonchev–Trinajstić information content (AvgIpc) is 3.32. The minimum atomic E-state index is -4.23. The van der Waals surface area contributed by atoms with E-state index in [1.54, 1.807) is 27.0 Å². The van der Waals surface area contributed by atoms with Crippen LogP contribution in [0.2, 0.25) is 0 Å². The number of Topliss-reactive ketones (excluding diaryl/α,β-unsaturated/α-hetero) is 2. The van der Waals surface area contributed by atoms with Crippen LogP contribution in [-0.2, 0) is 26.2 Å². The van der Waals surface area contributed by atoms with Crippen LogP contribution in [0, 0.1) is 5.92 Å². The number of nitrogens with one attached hydrogen (secondary N) is 1. The summed E-state index contributed by atoms with van der Waals surface area (Å²) in [6.45, 7) is 8.21. The largest absolute Gasteiger partial charge is 0.474 e. The molecule has 0 spiro atoms. The van der Waals surface area contributed by atoms with Crippen LogP contribution in [0.5, 0.6) is 5.88 Å². The van der Waals surface area contributed by atoms with Crippen LogP contribution < -0.4 is 4.74 Å². The minimum Gasteiger partial charge on any atom is -0.474 e. The lowest BCUT2D eigenvalue weighted by Crippen LogP contribution is -2.52. The van der Waals surface area contributed by atoms with Crippen LogP contribution >= 0.6 is 0 Å². The predicted molar refractivity (Wildman–Crippen MR) is 146 cm³/mol. The molecule has 1 atom stereocenters. The average molecular weight is 562 g/mol. The molecule has 10 heteroatoms. The molecule has 0 saturated heterocycles. The zero-order chi connectivity index (χ0) is 29.5. The third-order valence-corrected chi connectivity index (χ3v) is 7.09. The second kappa shape index (κ2) is 13.4. The number of alkyl halides is 3. The normalized spacial score (nSPS) is 19.5. The van der Waals surface area contributed by atoms with E-state index in [0.29, 0.717) is 38.0 Å². The van der Waals surface area contributed by atoms with Crippen LogP contribution in [0.15, 0.2) is 42.6 Å². The molecule has 0 amide bonds. The smallest absolute Gasteiger partial charge is 0.414 e. The molecule has 0 bridgehead atoms. The number of pyridine rings is 1. The molecule has 2 aromatic heterocycles. The van der Waals surface area contributed by atoms with Crippen molar-refractivity contribution in [3.63, 3.8) is 0 Å². The highest BCUT2D eigenvalue weighted by molar-refractivity contribution is 5.90. The number of fused-ring (bicyclic) bond motifs is 1. The SMILES string of the molecule is CC(=O)CCc1ccccc1C1(C(C)=O)CC(Oc2ccc3[nH]ncc3n2)C1.CCCOC(C(C)C)C(F)(F)F. The lowest BCUT2D eigenvalue weighted by molar-refractivity contribution is -0.232. The van der Waals surface area contributed by atoms with Crippen LogP contribution in [0.4, 0.5) is 13.2 Å². The van der Waals surface area contributed by atoms with Crippen LogP contribution in [0.3, 0.4) is 0 Å². The van der Waals surface area contributed by atoms with E-state index >= 15 is 0 Å². The summed E-state index contributed by atoms with van der Waals surface area (Å²) in [5.74, 6) is 0.320. The van der Waals surface area contributed by atoms with Crippen molar-refractivity contribution in [2.45, 2.75) is 90.5 Å². The number of carbonyl (C=O) groups is 2. The van der Waals surface area contributed by atoms with Crippen LogP contribution in [0.25, 0.3) is 11.0 Å². The Balaban J connectivity index is 0.000000312. The van der Waals surface area contributed by atoms with E-state index in [0.717, 1.165) is 22.2 Å². The van der Waals surface area contributed by atoms with Gasteiger partial charge in [-0.05, 0) is 49.8 Å². The standard InChI is InChI=1S/C22H23N3O3.C8H15F3O/c1-14(26)7-8-16-5-3-4-6-18(16)22(15(2)27)11-17(12-22)28-21-10-9-19-20(24-21)13-23-25-19;1-4-5-12-7(6(2)3)8(9,10)11/h3-6,9-10,13,17H,7-8,11-12H2,1-2H3,(H,23,25);6-7H,4-5H2,1-3H3. The van der Waals surface area contributed by atoms with Gasteiger partial charge in [0.2, 0.25) is 5.88 Å². The molecule has 1 fully saturated rings. The number of H-pyrrole nitrogens is 1. The monoisotopic (exact) mass is 561 g/mol. The first-order valence-corrected chi connectivity index (χ1v) is 13.6. The van der Waals surface area contributed by atoms with Gasteiger partial charge >= 0.3 is 6.18 Å². The quantitative estimate of drug-likeness (QED) is 0.285. The minimum absolute atomic E-state index is 0.0679. The molecule has 3 aromatic rings. The van der Waals surface area contributed by atoms with Crippen LogP contribution in [0.1, 0.15) is 71.4 Å². The molecule has 1 saturated carbocycles. The molecule has 0 aliphatic heterocycles. The second-order valence-electron chi connectivity index (χ2n) is 10.7. The van der Waals surface area contributed by atoms with E-state index in [9.17, 15) is 22.8 Å². The number of benzene rings is 1. The van der Waals surface area contributed by atoms with E-state index in [-0.39, 0.29) is 24.3 Å². The summed E-state index contributed by atoms with van der Waals surface area (Å²) in [7, 11) is 0. The number of carbonyl (C=O) groups excluding carboxylic acids is 2. The molecule has 7 nitrogen and oxygen atoms in total. The van der Waals surface area contributed by atoms with Gasteiger partial charge in [0, 0.05) is 31.9 Å². The number of aromatic nitrogens is 3.